The van der Waals surface area contributed by atoms with Gasteiger partial charge in [-0.25, -0.2) is 4.39 Å². The van der Waals surface area contributed by atoms with Crippen LogP contribution in [0, 0.1) is 15.9 Å². The molecule has 0 saturated heterocycles. The fourth-order valence-electron chi connectivity index (χ4n) is 1.60. The summed E-state index contributed by atoms with van der Waals surface area (Å²) in [5.41, 5.74) is -0.212. The first kappa shape index (κ1) is 15.6. The van der Waals surface area contributed by atoms with Crippen molar-refractivity contribution >= 4 is 49.1 Å². The lowest BCUT2D eigenvalue weighted by molar-refractivity contribution is -0.384. The Morgan fingerprint density at radius 3 is 2.52 bits per heavy atom. The summed E-state index contributed by atoms with van der Waals surface area (Å²) in [6, 6.07) is 8.03. The van der Waals surface area contributed by atoms with Gasteiger partial charge in [0.15, 0.2) is 0 Å². The van der Waals surface area contributed by atoms with Gasteiger partial charge in [-0.2, -0.15) is 0 Å². The smallest absolute Gasteiger partial charge is 0.270 e. The molecular weight excluding hydrogens is 411 g/mol. The lowest BCUT2D eigenvalue weighted by atomic mass is 10.2. The van der Waals surface area contributed by atoms with Gasteiger partial charge in [0.2, 0.25) is 0 Å². The van der Waals surface area contributed by atoms with Crippen molar-refractivity contribution in [2.45, 2.75) is 0 Å². The zero-order valence-corrected chi connectivity index (χ0v) is 13.4. The third kappa shape index (κ3) is 3.45. The topological polar surface area (TPSA) is 72.2 Å². The highest BCUT2D eigenvalue weighted by Crippen LogP contribution is 2.28. The maximum Gasteiger partial charge on any atom is 0.270 e. The molecule has 0 heterocycles. The molecule has 0 aliphatic heterocycles. The highest BCUT2D eigenvalue weighted by atomic mass is 79.9. The van der Waals surface area contributed by atoms with E-state index in [-0.39, 0.29) is 16.9 Å². The summed E-state index contributed by atoms with van der Waals surface area (Å²) < 4.78 is 14.4. The molecule has 5 nitrogen and oxygen atoms in total. The van der Waals surface area contributed by atoms with Gasteiger partial charge in [-0.05, 0) is 50.1 Å². The third-order valence-corrected chi connectivity index (χ3v) is 3.96. The third-order valence-electron chi connectivity index (χ3n) is 2.61. The number of nitro groups is 1. The average Bonchev–Trinajstić information content (AvgIpc) is 2.43. The Morgan fingerprint density at radius 1 is 1.19 bits per heavy atom. The van der Waals surface area contributed by atoms with E-state index in [2.05, 4.69) is 37.2 Å². The van der Waals surface area contributed by atoms with Crippen molar-refractivity contribution in [2.75, 3.05) is 5.32 Å². The number of rotatable bonds is 3. The molecule has 0 saturated carbocycles. The Labute approximate surface area is 135 Å². The van der Waals surface area contributed by atoms with E-state index in [0.29, 0.717) is 8.95 Å². The first-order valence-corrected chi connectivity index (χ1v) is 7.18. The number of halogens is 3. The summed E-state index contributed by atoms with van der Waals surface area (Å²) in [5.74, 6) is -1.27. The van der Waals surface area contributed by atoms with E-state index in [9.17, 15) is 19.3 Å². The number of para-hydroxylation sites is 1. The second-order valence-corrected chi connectivity index (χ2v) is 5.68. The van der Waals surface area contributed by atoms with Crippen LogP contribution >= 0.6 is 31.9 Å². The standard InChI is InChI=1S/C13H7Br2FN2O3/c14-9-5-4-7(18(20)21)6-8(9)13(19)17-12-10(15)2-1-3-11(12)16/h1-6H,(H,17,19). The molecule has 2 aromatic carbocycles. The van der Waals surface area contributed by atoms with Crippen molar-refractivity contribution in [3.05, 3.63) is 66.8 Å². The lowest BCUT2D eigenvalue weighted by Gasteiger charge is -2.09. The summed E-state index contributed by atoms with van der Waals surface area (Å²) in [7, 11) is 0. The molecular formula is C13H7Br2FN2O3. The van der Waals surface area contributed by atoms with Crippen LogP contribution in [0.3, 0.4) is 0 Å². The molecule has 0 bridgehead atoms. The van der Waals surface area contributed by atoms with E-state index in [1.165, 1.54) is 24.3 Å². The second-order valence-electron chi connectivity index (χ2n) is 3.97. The number of nitrogens with zero attached hydrogens (tertiary/aromatic N) is 1. The summed E-state index contributed by atoms with van der Waals surface area (Å²) in [5, 5.41) is 13.1. The summed E-state index contributed by atoms with van der Waals surface area (Å²) in [4.78, 5) is 22.3. The van der Waals surface area contributed by atoms with E-state index in [4.69, 9.17) is 0 Å². The molecule has 2 rings (SSSR count). The van der Waals surface area contributed by atoms with E-state index in [1.54, 1.807) is 6.07 Å². The minimum atomic E-state index is -0.656. The lowest BCUT2D eigenvalue weighted by Crippen LogP contribution is -2.14. The number of anilines is 1. The minimum Gasteiger partial charge on any atom is -0.318 e. The highest BCUT2D eigenvalue weighted by Gasteiger charge is 2.18. The predicted octanol–water partition coefficient (Wildman–Crippen LogP) is 4.51. The number of non-ortho nitro benzene ring substituents is 1. The van der Waals surface area contributed by atoms with Gasteiger partial charge in [-0.3, -0.25) is 14.9 Å². The van der Waals surface area contributed by atoms with Gasteiger partial charge in [0.05, 0.1) is 16.2 Å². The molecule has 1 amide bonds. The molecule has 8 heteroatoms. The van der Waals surface area contributed by atoms with Crippen molar-refractivity contribution in [3.8, 4) is 0 Å². The Morgan fingerprint density at radius 2 is 1.90 bits per heavy atom. The molecule has 0 radical (unpaired) electrons. The maximum absolute atomic E-state index is 13.7. The van der Waals surface area contributed by atoms with Gasteiger partial charge in [0, 0.05) is 21.1 Å². The normalized spacial score (nSPS) is 10.2. The van der Waals surface area contributed by atoms with Gasteiger partial charge in [-0.15, -0.1) is 0 Å². The number of hydrogen-bond acceptors (Lipinski definition) is 3. The van der Waals surface area contributed by atoms with Crippen molar-refractivity contribution in [1.82, 2.24) is 0 Å². The predicted molar refractivity (Wildman–Crippen MR) is 82.8 cm³/mol. The minimum absolute atomic E-state index is 0.0269. The Kier molecular flexibility index (Phi) is 4.69. The maximum atomic E-state index is 13.7. The van der Waals surface area contributed by atoms with Gasteiger partial charge >= 0.3 is 0 Å². The molecule has 21 heavy (non-hydrogen) atoms. The van der Waals surface area contributed by atoms with Crippen LogP contribution in [0.4, 0.5) is 15.8 Å². The number of benzene rings is 2. The second kappa shape index (κ2) is 6.31. The number of amides is 1. The Balaban J connectivity index is 2.37. The molecule has 0 atom stereocenters. The largest absolute Gasteiger partial charge is 0.318 e. The van der Waals surface area contributed by atoms with E-state index >= 15 is 0 Å². The number of nitro benzene ring substituents is 1. The monoisotopic (exact) mass is 416 g/mol. The van der Waals surface area contributed by atoms with Crippen LogP contribution < -0.4 is 5.32 Å². The quantitative estimate of drug-likeness (QED) is 0.589. The Bertz CT molecular complexity index is 717. The van der Waals surface area contributed by atoms with Crippen molar-refractivity contribution in [1.29, 1.82) is 0 Å². The fourth-order valence-corrected chi connectivity index (χ4v) is 2.47. The van der Waals surface area contributed by atoms with Crippen molar-refractivity contribution in [2.24, 2.45) is 0 Å². The summed E-state index contributed by atoms with van der Waals surface area (Å²) >= 11 is 6.27. The zero-order chi connectivity index (χ0) is 15.6. The van der Waals surface area contributed by atoms with E-state index in [0.717, 1.165) is 6.07 Å². The number of carbonyl (C=O) groups excluding carboxylic acids is 1. The van der Waals surface area contributed by atoms with Crippen molar-refractivity contribution < 1.29 is 14.1 Å². The van der Waals surface area contributed by atoms with Crippen LogP contribution in [0.5, 0.6) is 0 Å². The average molecular weight is 418 g/mol. The first-order valence-electron chi connectivity index (χ1n) is 5.59. The molecule has 0 aromatic heterocycles. The van der Waals surface area contributed by atoms with E-state index in [1.807, 2.05) is 0 Å². The molecule has 108 valence electrons. The highest BCUT2D eigenvalue weighted by molar-refractivity contribution is 9.11. The van der Waals surface area contributed by atoms with Crippen molar-refractivity contribution in [3.63, 3.8) is 0 Å². The zero-order valence-electron chi connectivity index (χ0n) is 10.3. The molecule has 0 unspecified atom stereocenters. The van der Waals surface area contributed by atoms with Crippen LogP contribution in [-0.2, 0) is 0 Å². The fraction of sp³-hybridized carbons (Fsp3) is 0. The number of nitrogens with one attached hydrogen (secondary N) is 1. The molecule has 0 aliphatic rings. The van der Waals surface area contributed by atoms with Gasteiger partial charge in [0.1, 0.15) is 5.82 Å². The summed E-state index contributed by atoms with van der Waals surface area (Å²) in [6.45, 7) is 0. The molecule has 0 fully saturated rings. The van der Waals surface area contributed by atoms with Gasteiger partial charge in [0.25, 0.3) is 11.6 Å². The molecule has 0 spiro atoms. The van der Waals surface area contributed by atoms with Crippen LogP contribution in [-0.4, -0.2) is 10.8 Å². The number of hydrogen-bond donors (Lipinski definition) is 1. The van der Waals surface area contributed by atoms with Crippen LogP contribution in [0.1, 0.15) is 10.4 Å². The van der Waals surface area contributed by atoms with Crippen LogP contribution in [0.15, 0.2) is 45.3 Å². The Hall–Kier alpha value is -1.80. The molecule has 1 N–H and O–H groups in total. The van der Waals surface area contributed by atoms with Crippen LogP contribution in [0.25, 0.3) is 0 Å². The van der Waals surface area contributed by atoms with E-state index < -0.39 is 16.6 Å². The summed E-state index contributed by atoms with van der Waals surface area (Å²) in [6.07, 6.45) is 0. The van der Waals surface area contributed by atoms with Gasteiger partial charge in [-0.1, -0.05) is 6.07 Å². The van der Waals surface area contributed by atoms with Gasteiger partial charge < -0.3 is 5.32 Å². The number of carbonyl (C=O) groups is 1. The molecule has 2 aromatic rings. The van der Waals surface area contributed by atoms with Crippen LogP contribution in [0.2, 0.25) is 0 Å². The SMILES string of the molecule is O=C(Nc1c(F)cccc1Br)c1cc([N+](=O)[O-])ccc1Br. The molecule has 0 aliphatic carbocycles. The first-order chi connectivity index (χ1) is 9.90.